The lowest BCUT2D eigenvalue weighted by Crippen LogP contribution is -2.71. The van der Waals surface area contributed by atoms with Gasteiger partial charge in [-0.2, -0.15) is 0 Å². The van der Waals surface area contributed by atoms with Crippen LogP contribution >= 0.6 is 0 Å². The minimum atomic E-state index is -1.08. The number of nitrogens with zero attached hydrogens (tertiary/aromatic N) is 5. The Morgan fingerprint density at radius 2 is 1.64 bits per heavy atom. The number of amides is 4. The molecular weight excluding hydrogens is 704 g/mol. The number of rotatable bonds is 7. The average molecular weight is 753 g/mol. The zero-order valence-electron chi connectivity index (χ0n) is 31.2. The first kappa shape index (κ1) is 36.9. The summed E-state index contributed by atoms with van der Waals surface area (Å²) in [5.74, 6) is -2.06. The third kappa shape index (κ3) is 7.25. The van der Waals surface area contributed by atoms with E-state index in [1.54, 1.807) is 20.2 Å². The van der Waals surface area contributed by atoms with E-state index in [0.29, 0.717) is 55.9 Å². The van der Waals surface area contributed by atoms with Crippen LogP contribution in [0.25, 0.3) is 22.4 Å². The van der Waals surface area contributed by atoms with Crippen molar-refractivity contribution in [1.29, 1.82) is 0 Å². The average Bonchev–Trinajstić information content (AvgIpc) is 3.21. The van der Waals surface area contributed by atoms with E-state index in [0.717, 1.165) is 72.7 Å². The highest BCUT2D eigenvalue weighted by Crippen LogP contribution is 2.39. The molecule has 5 aliphatic rings. The van der Waals surface area contributed by atoms with Gasteiger partial charge in [0.15, 0.2) is 5.65 Å². The Bertz CT molecular complexity index is 2060. The molecule has 3 aliphatic heterocycles. The number of piperidine rings is 1. The summed E-state index contributed by atoms with van der Waals surface area (Å²) >= 11 is 0. The van der Waals surface area contributed by atoms with E-state index in [9.17, 15) is 29.1 Å². The number of aromatic carboxylic acids is 1. The minimum absolute atomic E-state index is 0.0187. The predicted molar refractivity (Wildman–Crippen MR) is 201 cm³/mol. The first-order chi connectivity index (χ1) is 26.6. The Morgan fingerprint density at radius 3 is 2.40 bits per heavy atom. The standard InChI is InChI=1S/C39H48N10O6/c1-20(42-36(52)29-13-16-48-15-12-28(35(51)40-2)45-39(48)46-29)34(50)43-23-5-4-14-49(19-23)37(53)25-7-3-6-24-26-17-22-9-8-21-10-11-30(38(54)55)44-31(21)32(22)47-33(26)41-18-27(24)25/h10-11,17-18,20,23,25,28-29,39,45-46H,3-9,12-16,19H2,1-2H3,(H,40,51)(H,42,52)(H,43,50)(H,54,55). The van der Waals surface area contributed by atoms with Crippen molar-refractivity contribution in [3.63, 3.8) is 0 Å². The molecule has 3 aromatic rings. The topological polar surface area (TPSA) is 211 Å². The Balaban J connectivity index is 0.901. The molecule has 0 aromatic carbocycles. The van der Waals surface area contributed by atoms with Crippen LogP contribution in [0.2, 0.25) is 0 Å². The molecule has 8 rings (SSSR count). The molecule has 0 spiro atoms. The highest BCUT2D eigenvalue weighted by atomic mass is 16.4. The number of pyridine rings is 3. The van der Waals surface area contributed by atoms with Crippen molar-refractivity contribution < 1.29 is 29.1 Å². The molecule has 6 heterocycles. The summed E-state index contributed by atoms with van der Waals surface area (Å²) in [4.78, 5) is 82.7. The molecule has 2 aliphatic carbocycles. The second-order valence-electron chi connectivity index (χ2n) is 15.4. The predicted octanol–water partition coefficient (Wildman–Crippen LogP) is 0.576. The highest BCUT2D eigenvalue weighted by Gasteiger charge is 2.39. The van der Waals surface area contributed by atoms with Crippen molar-refractivity contribution >= 4 is 40.6 Å². The number of likely N-dealkylation sites (tertiary alicyclic amines) is 1. The van der Waals surface area contributed by atoms with Crippen molar-refractivity contribution in [1.82, 2.24) is 51.3 Å². The summed E-state index contributed by atoms with van der Waals surface area (Å²) in [5.41, 5.74) is 5.76. The highest BCUT2D eigenvalue weighted by molar-refractivity contribution is 5.92. The number of fused-ring (bicyclic) bond motifs is 7. The zero-order valence-corrected chi connectivity index (χ0v) is 31.2. The molecule has 6 unspecified atom stereocenters. The number of carbonyl (C=O) groups excluding carboxylic acids is 4. The summed E-state index contributed by atoms with van der Waals surface area (Å²) < 4.78 is 0. The van der Waals surface area contributed by atoms with Gasteiger partial charge in [-0.1, -0.05) is 6.07 Å². The second-order valence-corrected chi connectivity index (χ2v) is 15.4. The maximum Gasteiger partial charge on any atom is 0.354 e. The van der Waals surface area contributed by atoms with Crippen LogP contribution < -0.4 is 26.6 Å². The van der Waals surface area contributed by atoms with E-state index in [2.05, 4.69) is 42.5 Å². The van der Waals surface area contributed by atoms with Crippen molar-refractivity contribution in [2.24, 2.45) is 0 Å². The van der Waals surface area contributed by atoms with Crippen LogP contribution in [0.4, 0.5) is 0 Å². The number of carbonyl (C=O) groups is 5. The number of carboxylic acid groups (broad SMARTS) is 1. The van der Waals surface area contributed by atoms with Crippen molar-refractivity contribution in [3.05, 3.63) is 52.3 Å². The fourth-order valence-corrected chi connectivity index (χ4v) is 8.96. The molecule has 16 nitrogen and oxygen atoms in total. The van der Waals surface area contributed by atoms with Gasteiger partial charge in [-0.3, -0.25) is 34.7 Å². The van der Waals surface area contributed by atoms with Gasteiger partial charge in [0.2, 0.25) is 23.6 Å². The van der Waals surface area contributed by atoms with Gasteiger partial charge in [0.25, 0.3) is 0 Å². The van der Waals surface area contributed by atoms with E-state index in [-0.39, 0.29) is 53.6 Å². The van der Waals surface area contributed by atoms with E-state index >= 15 is 0 Å². The summed E-state index contributed by atoms with van der Waals surface area (Å²) in [6, 6.07) is 3.58. The summed E-state index contributed by atoms with van der Waals surface area (Å²) in [5, 5.41) is 25.6. The summed E-state index contributed by atoms with van der Waals surface area (Å²) in [6.07, 6.45) is 8.06. The molecule has 4 amide bonds. The van der Waals surface area contributed by atoms with Gasteiger partial charge in [-0.25, -0.2) is 19.7 Å². The molecule has 0 bridgehead atoms. The molecule has 0 saturated carbocycles. The van der Waals surface area contributed by atoms with E-state index < -0.39 is 18.1 Å². The lowest BCUT2D eigenvalue weighted by molar-refractivity contribution is -0.135. The number of aryl methyl sites for hydroxylation is 3. The first-order valence-electron chi connectivity index (χ1n) is 19.5. The summed E-state index contributed by atoms with van der Waals surface area (Å²) in [6.45, 7) is 4.09. The van der Waals surface area contributed by atoms with Crippen LogP contribution in [0, 0.1) is 0 Å². The normalized spacial score (nSPS) is 25.3. The zero-order chi connectivity index (χ0) is 38.4. The van der Waals surface area contributed by atoms with Crippen molar-refractivity contribution in [3.8, 4) is 11.4 Å². The van der Waals surface area contributed by atoms with Crippen LogP contribution in [-0.4, -0.2) is 123 Å². The Labute approximate surface area is 318 Å². The SMILES string of the molecule is CNC(=O)C1CCN2CCC(C(=O)NC(C)C(=O)NC3CCCN(C(=O)C4CCCc5c4cnc4nc6c(cc54)CCc4ccc(C(=O)O)nc4-6)C3)NC2N1. The fourth-order valence-electron chi connectivity index (χ4n) is 8.96. The lowest BCUT2D eigenvalue weighted by Gasteiger charge is -2.45. The second kappa shape index (κ2) is 15.2. The summed E-state index contributed by atoms with van der Waals surface area (Å²) in [7, 11) is 1.61. The first-order valence-corrected chi connectivity index (χ1v) is 19.5. The molecule has 3 aromatic heterocycles. The molecule has 6 N–H and O–H groups in total. The van der Waals surface area contributed by atoms with Gasteiger partial charge in [-0.05, 0) is 99.1 Å². The molecule has 3 fully saturated rings. The molecule has 55 heavy (non-hydrogen) atoms. The van der Waals surface area contributed by atoms with E-state index in [4.69, 9.17) is 9.97 Å². The van der Waals surface area contributed by atoms with Gasteiger partial charge in [0, 0.05) is 50.9 Å². The number of carboxylic acids is 1. The molecule has 3 saturated heterocycles. The fraction of sp³-hybridized carbons (Fsp3) is 0.538. The van der Waals surface area contributed by atoms with E-state index in [1.807, 2.05) is 11.0 Å². The third-order valence-electron chi connectivity index (χ3n) is 12.0. The van der Waals surface area contributed by atoms with Crippen LogP contribution in [0.15, 0.2) is 24.4 Å². The third-order valence-corrected chi connectivity index (χ3v) is 12.0. The molecule has 0 radical (unpaired) electrons. The van der Waals surface area contributed by atoms with Gasteiger partial charge in [-0.15, -0.1) is 0 Å². The Morgan fingerprint density at radius 1 is 0.891 bits per heavy atom. The van der Waals surface area contributed by atoms with Crippen LogP contribution in [0.3, 0.4) is 0 Å². The molecular formula is C39H48N10O6. The largest absolute Gasteiger partial charge is 0.477 e. The van der Waals surface area contributed by atoms with Crippen molar-refractivity contribution in [2.45, 2.75) is 101 Å². The Kier molecular flexibility index (Phi) is 10.2. The number of aromatic nitrogens is 3. The monoisotopic (exact) mass is 752 g/mol. The minimum Gasteiger partial charge on any atom is -0.477 e. The maximum absolute atomic E-state index is 14.2. The molecule has 290 valence electrons. The van der Waals surface area contributed by atoms with Crippen LogP contribution in [0.1, 0.15) is 84.1 Å². The maximum atomic E-state index is 14.2. The van der Waals surface area contributed by atoms with E-state index in [1.165, 1.54) is 6.07 Å². The van der Waals surface area contributed by atoms with Gasteiger partial charge >= 0.3 is 5.97 Å². The Hall–Kier alpha value is -5.06. The lowest BCUT2D eigenvalue weighted by atomic mass is 9.81. The smallest absolute Gasteiger partial charge is 0.354 e. The number of likely N-dealkylation sites (N-methyl/N-ethyl adjacent to an activating group) is 1. The van der Waals surface area contributed by atoms with Gasteiger partial charge < -0.3 is 26.0 Å². The van der Waals surface area contributed by atoms with Gasteiger partial charge in [0.05, 0.1) is 29.4 Å². The molecule has 6 atom stereocenters. The number of nitrogens with one attached hydrogen (secondary N) is 5. The van der Waals surface area contributed by atoms with Gasteiger partial charge in [0.1, 0.15) is 18.0 Å². The molecule has 16 heteroatoms. The van der Waals surface area contributed by atoms with Crippen LogP contribution in [0.5, 0.6) is 0 Å². The quantitative estimate of drug-likeness (QED) is 0.196. The number of hydrogen-bond donors (Lipinski definition) is 6. The number of hydrogen-bond acceptors (Lipinski definition) is 11. The van der Waals surface area contributed by atoms with Crippen LogP contribution in [-0.2, 0) is 38.4 Å². The van der Waals surface area contributed by atoms with Crippen molar-refractivity contribution in [2.75, 3.05) is 33.2 Å².